The van der Waals surface area contributed by atoms with Gasteiger partial charge in [-0.2, -0.15) is 0 Å². The maximum atomic E-state index is 13.4. The Kier molecular flexibility index (Phi) is 4.22. The molecule has 1 heterocycles. The van der Waals surface area contributed by atoms with Crippen molar-refractivity contribution in [2.24, 2.45) is 0 Å². The van der Waals surface area contributed by atoms with Crippen LogP contribution in [0.4, 0.5) is 4.39 Å². The van der Waals surface area contributed by atoms with Crippen LogP contribution in [0.3, 0.4) is 0 Å². The zero-order chi connectivity index (χ0) is 13.2. The van der Waals surface area contributed by atoms with Crippen LogP contribution >= 0.6 is 15.9 Å². The van der Waals surface area contributed by atoms with E-state index >= 15 is 0 Å². The number of fused-ring (bicyclic) bond motifs is 1. The van der Waals surface area contributed by atoms with Gasteiger partial charge in [-0.3, -0.25) is 9.78 Å². The molecule has 6 heteroatoms. The summed E-state index contributed by atoms with van der Waals surface area (Å²) in [6.07, 6.45) is 0. The number of aromatic nitrogens is 2. The van der Waals surface area contributed by atoms with Crippen LogP contribution in [0.25, 0.3) is 10.9 Å². The molecule has 0 aliphatic carbocycles. The Bertz CT molecular complexity index is 661. The number of H-pyrrole nitrogens is 2. The SMILES string of the molecule is CC.Cc1cc(F)c2[nH]c(=O)[nH]c(=O)c2c1Br. The van der Waals surface area contributed by atoms with Gasteiger partial charge < -0.3 is 4.98 Å². The molecule has 2 aromatic rings. The minimum atomic E-state index is -0.720. The van der Waals surface area contributed by atoms with Crippen molar-refractivity contribution >= 4 is 26.8 Å². The molecule has 0 bridgehead atoms. The van der Waals surface area contributed by atoms with Crippen molar-refractivity contribution in [3.63, 3.8) is 0 Å². The summed E-state index contributed by atoms with van der Waals surface area (Å²) >= 11 is 3.18. The number of aryl methyl sites for hydroxylation is 1. The van der Waals surface area contributed by atoms with Gasteiger partial charge in [-0.05, 0) is 34.5 Å². The second-order valence-electron chi connectivity index (χ2n) is 3.15. The fourth-order valence-corrected chi connectivity index (χ4v) is 1.89. The average Bonchev–Trinajstić information content (AvgIpc) is 2.28. The topological polar surface area (TPSA) is 65.7 Å². The van der Waals surface area contributed by atoms with Gasteiger partial charge in [0.1, 0.15) is 5.82 Å². The molecule has 0 atom stereocenters. The van der Waals surface area contributed by atoms with Crippen LogP contribution in [0.1, 0.15) is 19.4 Å². The summed E-state index contributed by atoms with van der Waals surface area (Å²) in [5, 5.41) is 0.118. The number of halogens is 2. The molecule has 0 radical (unpaired) electrons. The minimum Gasteiger partial charge on any atom is -0.304 e. The number of hydrogen-bond acceptors (Lipinski definition) is 2. The van der Waals surface area contributed by atoms with E-state index in [-0.39, 0.29) is 10.9 Å². The highest BCUT2D eigenvalue weighted by Crippen LogP contribution is 2.24. The van der Waals surface area contributed by atoms with Crippen LogP contribution in [0, 0.1) is 12.7 Å². The van der Waals surface area contributed by atoms with Crippen LogP contribution in [-0.4, -0.2) is 9.97 Å². The molecule has 2 rings (SSSR count). The van der Waals surface area contributed by atoms with Crippen molar-refractivity contribution in [2.75, 3.05) is 0 Å². The van der Waals surface area contributed by atoms with Crippen molar-refractivity contribution in [1.82, 2.24) is 9.97 Å². The van der Waals surface area contributed by atoms with Crippen LogP contribution in [0.15, 0.2) is 20.1 Å². The van der Waals surface area contributed by atoms with Gasteiger partial charge >= 0.3 is 5.69 Å². The van der Waals surface area contributed by atoms with Crippen molar-refractivity contribution in [1.29, 1.82) is 0 Å². The highest BCUT2D eigenvalue weighted by Gasteiger charge is 2.11. The Morgan fingerprint density at radius 2 is 1.82 bits per heavy atom. The first-order chi connectivity index (χ1) is 8.00. The molecule has 17 heavy (non-hydrogen) atoms. The lowest BCUT2D eigenvalue weighted by Gasteiger charge is -2.03. The first-order valence-electron chi connectivity index (χ1n) is 5.11. The lowest BCUT2D eigenvalue weighted by molar-refractivity contribution is 0.634. The Morgan fingerprint density at radius 1 is 1.24 bits per heavy atom. The summed E-state index contributed by atoms with van der Waals surface area (Å²) in [5.74, 6) is -0.617. The zero-order valence-corrected chi connectivity index (χ0v) is 11.2. The highest BCUT2D eigenvalue weighted by atomic mass is 79.9. The first-order valence-corrected chi connectivity index (χ1v) is 5.91. The van der Waals surface area contributed by atoms with E-state index in [0.717, 1.165) is 0 Å². The minimum absolute atomic E-state index is 0.0822. The lowest BCUT2D eigenvalue weighted by atomic mass is 10.1. The van der Waals surface area contributed by atoms with E-state index in [1.807, 2.05) is 18.8 Å². The molecule has 0 saturated heterocycles. The lowest BCUT2D eigenvalue weighted by Crippen LogP contribution is -2.22. The average molecular weight is 303 g/mol. The summed E-state index contributed by atoms with van der Waals surface area (Å²) < 4.78 is 13.9. The fourth-order valence-electron chi connectivity index (χ4n) is 1.40. The van der Waals surface area contributed by atoms with Gasteiger partial charge in [-0.1, -0.05) is 13.8 Å². The molecule has 0 spiro atoms. The largest absolute Gasteiger partial charge is 0.326 e. The summed E-state index contributed by atoms with van der Waals surface area (Å²) in [6.45, 7) is 5.66. The first kappa shape index (κ1) is 13.6. The molecule has 1 aromatic carbocycles. The molecule has 0 saturated carbocycles. The molecule has 0 aliphatic rings. The van der Waals surface area contributed by atoms with Gasteiger partial charge in [0, 0.05) is 4.47 Å². The molecule has 4 nitrogen and oxygen atoms in total. The van der Waals surface area contributed by atoms with Crippen molar-refractivity contribution in [3.05, 3.63) is 42.8 Å². The molecule has 0 aliphatic heterocycles. The van der Waals surface area contributed by atoms with E-state index in [0.29, 0.717) is 10.0 Å². The van der Waals surface area contributed by atoms with Crippen LogP contribution < -0.4 is 11.2 Å². The summed E-state index contributed by atoms with van der Waals surface area (Å²) in [4.78, 5) is 26.7. The predicted octanol–water partition coefficient (Wildman–Crippen LogP) is 2.45. The van der Waals surface area contributed by atoms with Gasteiger partial charge in [-0.15, -0.1) is 0 Å². The van der Waals surface area contributed by atoms with Gasteiger partial charge in [0.05, 0.1) is 10.9 Å². The highest BCUT2D eigenvalue weighted by molar-refractivity contribution is 9.10. The van der Waals surface area contributed by atoms with Gasteiger partial charge in [0.25, 0.3) is 5.56 Å². The van der Waals surface area contributed by atoms with E-state index < -0.39 is 17.1 Å². The van der Waals surface area contributed by atoms with Crippen LogP contribution in [-0.2, 0) is 0 Å². The smallest absolute Gasteiger partial charge is 0.304 e. The maximum Gasteiger partial charge on any atom is 0.326 e. The molecule has 1 aromatic heterocycles. The van der Waals surface area contributed by atoms with E-state index in [1.165, 1.54) is 6.07 Å². The second-order valence-corrected chi connectivity index (χ2v) is 3.94. The summed E-state index contributed by atoms with van der Waals surface area (Å²) in [7, 11) is 0. The Balaban J connectivity index is 0.000000686. The number of aromatic amines is 2. The third-order valence-electron chi connectivity index (χ3n) is 2.09. The zero-order valence-electron chi connectivity index (χ0n) is 9.65. The van der Waals surface area contributed by atoms with Crippen LogP contribution in [0.2, 0.25) is 0 Å². The number of rotatable bonds is 0. The Hall–Kier alpha value is -1.43. The number of hydrogen-bond donors (Lipinski definition) is 2. The standard InChI is InChI=1S/C9H6BrFN2O2.C2H6/c1-3-2-4(11)7-5(6(3)10)8(14)13-9(15)12-7;1-2/h2H,1H3,(H2,12,13,14,15);1-2H3. The van der Waals surface area contributed by atoms with E-state index in [4.69, 9.17) is 0 Å². The van der Waals surface area contributed by atoms with Gasteiger partial charge in [-0.25, -0.2) is 9.18 Å². The molecule has 92 valence electrons. The third-order valence-corrected chi connectivity index (χ3v) is 3.11. The summed E-state index contributed by atoms with van der Waals surface area (Å²) in [5.41, 5.74) is -0.816. The molecule has 0 fully saturated rings. The molecular formula is C11H12BrFN2O2. The van der Waals surface area contributed by atoms with E-state index in [2.05, 4.69) is 20.9 Å². The van der Waals surface area contributed by atoms with Gasteiger partial charge in [0.2, 0.25) is 0 Å². The van der Waals surface area contributed by atoms with Crippen LogP contribution in [0.5, 0.6) is 0 Å². The quantitative estimate of drug-likeness (QED) is 0.785. The third kappa shape index (κ3) is 2.46. The second kappa shape index (κ2) is 5.27. The normalized spacial score (nSPS) is 9.94. The fraction of sp³-hybridized carbons (Fsp3) is 0.273. The molecular weight excluding hydrogens is 291 g/mol. The van der Waals surface area contributed by atoms with Crippen molar-refractivity contribution < 1.29 is 4.39 Å². The molecule has 0 unspecified atom stereocenters. The number of nitrogens with one attached hydrogen (secondary N) is 2. The van der Waals surface area contributed by atoms with Crippen molar-refractivity contribution in [3.8, 4) is 0 Å². The Labute approximate surface area is 105 Å². The Morgan fingerprint density at radius 3 is 2.41 bits per heavy atom. The van der Waals surface area contributed by atoms with Gasteiger partial charge in [0.15, 0.2) is 0 Å². The molecule has 2 N–H and O–H groups in total. The maximum absolute atomic E-state index is 13.4. The van der Waals surface area contributed by atoms with E-state index in [1.54, 1.807) is 6.92 Å². The molecule has 0 amide bonds. The van der Waals surface area contributed by atoms with Crippen molar-refractivity contribution in [2.45, 2.75) is 20.8 Å². The van der Waals surface area contributed by atoms with E-state index in [9.17, 15) is 14.0 Å². The monoisotopic (exact) mass is 302 g/mol. The summed E-state index contributed by atoms with van der Waals surface area (Å²) in [6, 6.07) is 1.25. The predicted molar refractivity (Wildman–Crippen MR) is 68.9 cm³/mol. The number of benzene rings is 1.